The van der Waals surface area contributed by atoms with E-state index in [1.165, 1.54) is 0 Å². The van der Waals surface area contributed by atoms with E-state index in [4.69, 9.17) is 10.00 Å². The SMILES string of the molecule is COc1c(C)cc(C2(N=C=O)CCC2)cc1C#N. The van der Waals surface area contributed by atoms with Gasteiger partial charge in [-0.05, 0) is 49.4 Å². The number of carbonyl (C=O) groups excluding carboxylic acids is 1. The van der Waals surface area contributed by atoms with Gasteiger partial charge in [0.1, 0.15) is 11.8 Å². The molecule has 1 fully saturated rings. The van der Waals surface area contributed by atoms with E-state index >= 15 is 0 Å². The average Bonchev–Trinajstić information content (AvgIpc) is 2.32. The molecule has 1 aromatic rings. The third-order valence-electron chi connectivity index (χ3n) is 3.58. The number of aryl methyl sites for hydroxylation is 1. The van der Waals surface area contributed by atoms with Crippen LogP contribution in [0.5, 0.6) is 5.75 Å². The lowest BCUT2D eigenvalue weighted by Gasteiger charge is -2.37. The molecule has 92 valence electrons. The summed E-state index contributed by atoms with van der Waals surface area (Å²) in [5, 5.41) is 9.15. The van der Waals surface area contributed by atoms with Gasteiger partial charge in [-0.15, -0.1) is 0 Å². The molecule has 0 aromatic heterocycles. The van der Waals surface area contributed by atoms with Gasteiger partial charge >= 0.3 is 0 Å². The van der Waals surface area contributed by atoms with Gasteiger partial charge in [-0.25, -0.2) is 4.79 Å². The maximum Gasteiger partial charge on any atom is 0.235 e. The summed E-state index contributed by atoms with van der Waals surface area (Å²) in [6, 6.07) is 5.84. The molecule has 0 heterocycles. The highest BCUT2D eigenvalue weighted by atomic mass is 16.5. The lowest BCUT2D eigenvalue weighted by molar-refractivity contribution is 0.255. The minimum absolute atomic E-state index is 0.468. The predicted molar refractivity (Wildman–Crippen MR) is 66.1 cm³/mol. The average molecular weight is 242 g/mol. The Bertz CT molecular complexity index is 562. The highest BCUT2D eigenvalue weighted by molar-refractivity contribution is 5.53. The van der Waals surface area contributed by atoms with E-state index < -0.39 is 5.54 Å². The molecule has 0 radical (unpaired) electrons. The predicted octanol–water partition coefficient (Wildman–Crippen LogP) is 2.59. The monoisotopic (exact) mass is 242 g/mol. The van der Waals surface area contributed by atoms with Crippen molar-refractivity contribution in [1.82, 2.24) is 0 Å². The highest BCUT2D eigenvalue weighted by Gasteiger charge is 2.39. The largest absolute Gasteiger partial charge is 0.495 e. The lowest BCUT2D eigenvalue weighted by Crippen LogP contribution is -2.32. The molecule has 18 heavy (non-hydrogen) atoms. The minimum atomic E-state index is -0.468. The van der Waals surface area contributed by atoms with Crippen LogP contribution in [0.2, 0.25) is 0 Å². The fraction of sp³-hybridized carbons (Fsp3) is 0.429. The number of hydrogen-bond acceptors (Lipinski definition) is 4. The van der Waals surface area contributed by atoms with Crippen LogP contribution in [0.3, 0.4) is 0 Å². The van der Waals surface area contributed by atoms with Gasteiger partial charge in [-0.3, -0.25) is 0 Å². The van der Waals surface area contributed by atoms with Crippen LogP contribution in [0.25, 0.3) is 0 Å². The number of nitriles is 1. The molecular weight excluding hydrogens is 228 g/mol. The van der Waals surface area contributed by atoms with E-state index in [-0.39, 0.29) is 0 Å². The number of isocyanates is 1. The number of aliphatic imine (C=N–C) groups is 1. The van der Waals surface area contributed by atoms with E-state index in [9.17, 15) is 4.79 Å². The quantitative estimate of drug-likeness (QED) is 0.604. The van der Waals surface area contributed by atoms with Crippen molar-refractivity contribution < 1.29 is 9.53 Å². The number of benzene rings is 1. The van der Waals surface area contributed by atoms with Crippen LogP contribution in [0.4, 0.5) is 0 Å². The van der Waals surface area contributed by atoms with Gasteiger partial charge < -0.3 is 4.74 Å². The van der Waals surface area contributed by atoms with Gasteiger partial charge in [0.05, 0.1) is 18.2 Å². The van der Waals surface area contributed by atoms with E-state index in [1.54, 1.807) is 19.3 Å². The molecule has 1 aromatic carbocycles. The summed E-state index contributed by atoms with van der Waals surface area (Å²) in [5.74, 6) is 0.589. The van der Waals surface area contributed by atoms with Crippen molar-refractivity contribution in [2.75, 3.05) is 7.11 Å². The first-order valence-electron chi connectivity index (χ1n) is 5.85. The van der Waals surface area contributed by atoms with Crippen LogP contribution in [-0.2, 0) is 10.3 Å². The fourth-order valence-corrected chi connectivity index (χ4v) is 2.46. The summed E-state index contributed by atoms with van der Waals surface area (Å²) < 4.78 is 5.22. The van der Waals surface area contributed by atoms with Crippen LogP contribution in [-0.4, -0.2) is 13.2 Å². The molecule has 0 aliphatic heterocycles. The Hall–Kier alpha value is -2.11. The smallest absolute Gasteiger partial charge is 0.235 e. The van der Waals surface area contributed by atoms with Gasteiger partial charge in [-0.2, -0.15) is 10.3 Å². The molecule has 4 heteroatoms. The third-order valence-corrected chi connectivity index (χ3v) is 3.58. The zero-order valence-electron chi connectivity index (χ0n) is 10.5. The highest BCUT2D eigenvalue weighted by Crippen LogP contribution is 2.46. The van der Waals surface area contributed by atoms with E-state index in [1.807, 2.05) is 13.0 Å². The number of ether oxygens (including phenoxy) is 1. The van der Waals surface area contributed by atoms with Crippen molar-refractivity contribution in [3.8, 4) is 11.8 Å². The van der Waals surface area contributed by atoms with Crippen LogP contribution < -0.4 is 4.74 Å². The van der Waals surface area contributed by atoms with E-state index in [2.05, 4.69) is 11.1 Å². The summed E-state index contributed by atoms with van der Waals surface area (Å²) in [5.41, 5.74) is 1.82. The molecule has 0 amide bonds. The van der Waals surface area contributed by atoms with Gasteiger partial charge in [0, 0.05) is 0 Å². The molecule has 0 spiro atoms. The first-order valence-corrected chi connectivity index (χ1v) is 5.85. The van der Waals surface area contributed by atoms with Gasteiger partial charge in [0.2, 0.25) is 6.08 Å². The number of methoxy groups -OCH3 is 1. The molecule has 1 saturated carbocycles. The minimum Gasteiger partial charge on any atom is -0.495 e. The van der Waals surface area contributed by atoms with Crippen LogP contribution in [0.1, 0.15) is 36.0 Å². The zero-order chi connectivity index (χ0) is 13.2. The van der Waals surface area contributed by atoms with Gasteiger partial charge in [-0.1, -0.05) is 0 Å². The summed E-state index contributed by atoms with van der Waals surface area (Å²) >= 11 is 0. The second kappa shape index (κ2) is 4.64. The Balaban J connectivity index is 2.57. The maximum atomic E-state index is 10.6. The van der Waals surface area contributed by atoms with Crippen molar-refractivity contribution in [1.29, 1.82) is 5.26 Å². The molecule has 0 unspecified atom stereocenters. The number of hydrogen-bond donors (Lipinski definition) is 0. The Morgan fingerprint density at radius 1 is 1.44 bits per heavy atom. The van der Waals surface area contributed by atoms with Crippen LogP contribution >= 0.6 is 0 Å². The van der Waals surface area contributed by atoms with Crippen LogP contribution in [0.15, 0.2) is 17.1 Å². The van der Waals surface area contributed by atoms with Crippen molar-refractivity contribution >= 4 is 6.08 Å². The molecule has 4 nitrogen and oxygen atoms in total. The molecule has 1 aliphatic carbocycles. The molecule has 0 N–H and O–H groups in total. The summed E-state index contributed by atoms with van der Waals surface area (Å²) in [6.07, 6.45) is 4.36. The second-order valence-electron chi connectivity index (χ2n) is 4.57. The Morgan fingerprint density at radius 3 is 2.61 bits per heavy atom. The Kier molecular flexibility index (Phi) is 3.18. The van der Waals surface area contributed by atoms with Crippen molar-refractivity contribution in [3.05, 3.63) is 28.8 Å². The van der Waals surface area contributed by atoms with E-state index in [0.717, 1.165) is 30.4 Å². The summed E-state index contributed by atoms with van der Waals surface area (Å²) in [7, 11) is 1.55. The molecule has 1 aliphatic rings. The van der Waals surface area contributed by atoms with Crippen molar-refractivity contribution in [3.63, 3.8) is 0 Å². The third kappa shape index (κ3) is 1.79. The molecule has 2 rings (SSSR count). The molecule has 0 saturated heterocycles. The van der Waals surface area contributed by atoms with Crippen molar-refractivity contribution in [2.45, 2.75) is 31.7 Å². The zero-order valence-corrected chi connectivity index (χ0v) is 10.5. The number of nitrogens with zero attached hydrogens (tertiary/aromatic N) is 2. The lowest BCUT2D eigenvalue weighted by atomic mass is 9.71. The first-order chi connectivity index (χ1) is 8.66. The molecule has 0 bridgehead atoms. The fourth-order valence-electron chi connectivity index (χ4n) is 2.46. The van der Waals surface area contributed by atoms with Crippen LogP contribution in [0, 0.1) is 18.3 Å². The Morgan fingerprint density at radius 2 is 2.17 bits per heavy atom. The molecular formula is C14H14N2O2. The van der Waals surface area contributed by atoms with Gasteiger partial charge in [0.25, 0.3) is 0 Å². The number of rotatable bonds is 3. The molecule has 0 atom stereocenters. The Labute approximate surface area is 106 Å². The summed E-state index contributed by atoms with van der Waals surface area (Å²) in [4.78, 5) is 14.5. The van der Waals surface area contributed by atoms with Gasteiger partial charge in [0.15, 0.2) is 0 Å². The normalized spacial score (nSPS) is 16.1. The standard InChI is InChI=1S/C14H14N2O2/c1-10-6-12(7-11(8-15)13(10)18-2)14(16-9-17)4-3-5-14/h6-7H,3-5H2,1-2H3. The first kappa shape index (κ1) is 12.3. The summed E-state index contributed by atoms with van der Waals surface area (Å²) in [6.45, 7) is 1.89. The second-order valence-corrected chi connectivity index (χ2v) is 4.57. The maximum absolute atomic E-state index is 10.6. The van der Waals surface area contributed by atoms with Crippen molar-refractivity contribution in [2.24, 2.45) is 4.99 Å². The topological polar surface area (TPSA) is 62.4 Å². The van der Waals surface area contributed by atoms with E-state index in [0.29, 0.717) is 11.3 Å².